The smallest absolute Gasteiger partial charge is 0.297 e. The van der Waals surface area contributed by atoms with Gasteiger partial charge in [0.1, 0.15) is 17.8 Å². The number of carbonyl (C=O) groups excluding carboxylic acids is 1. The highest BCUT2D eigenvalue weighted by molar-refractivity contribution is 6.04. The summed E-state index contributed by atoms with van der Waals surface area (Å²) in [5.74, 6) is 0.250. The average molecular weight is 470 g/mol. The molecule has 4 aromatic heterocycles. The monoisotopic (exact) mass is 470 g/mol. The molecule has 0 bridgehead atoms. The number of para-hydroxylation sites is 1. The van der Waals surface area contributed by atoms with Gasteiger partial charge in [0, 0.05) is 17.7 Å². The molecule has 9 heteroatoms. The fourth-order valence-electron chi connectivity index (χ4n) is 4.50. The Labute approximate surface area is 199 Å². The summed E-state index contributed by atoms with van der Waals surface area (Å²) in [6, 6.07) is 12.7. The molecule has 0 fully saturated rings. The molecule has 176 valence electrons. The van der Waals surface area contributed by atoms with Gasteiger partial charge in [0.15, 0.2) is 5.76 Å². The molecule has 0 unspecified atom stereocenters. The first-order valence-electron chi connectivity index (χ1n) is 11.3. The molecule has 1 amide bonds. The summed E-state index contributed by atoms with van der Waals surface area (Å²) in [5.41, 5.74) is 3.07. The third kappa shape index (κ3) is 3.70. The van der Waals surface area contributed by atoms with Gasteiger partial charge in [-0.2, -0.15) is 0 Å². The van der Waals surface area contributed by atoms with E-state index in [9.17, 15) is 9.59 Å². The van der Waals surface area contributed by atoms with E-state index < -0.39 is 11.2 Å². The molecule has 1 aliphatic heterocycles. The van der Waals surface area contributed by atoms with Crippen molar-refractivity contribution in [1.29, 1.82) is 0 Å². The van der Waals surface area contributed by atoms with Crippen molar-refractivity contribution >= 4 is 33.8 Å². The topological polar surface area (TPSA) is 112 Å². The lowest BCUT2D eigenvalue weighted by atomic mass is 9.89. The number of hydrogen-bond acceptors (Lipinski definition) is 7. The predicted molar refractivity (Wildman–Crippen MR) is 129 cm³/mol. The fraction of sp³-hybridized carbons (Fsp3) is 0.231. The summed E-state index contributed by atoms with van der Waals surface area (Å²) in [4.78, 5) is 35.0. The minimum absolute atomic E-state index is 0.0607. The number of ether oxygens (including phenoxy) is 1. The Bertz CT molecular complexity index is 1630. The molecule has 6 rings (SSSR count). The van der Waals surface area contributed by atoms with Crippen LogP contribution in [0.3, 0.4) is 0 Å². The van der Waals surface area contributed by atoms with Crippen molar-refractivity contribution in [3.05, 3.63) is 76.5 Å². The van der Waals surface area contributed by atoms with Gasteiger partial charge in [0.05, 0.1) is 30.2 Å². The molecule has 5 heterocycles. The summed E-state index contributed by atoms with van der Waals surface area (Å²) in [6.45, 7) is 4.19. The Morgan fingerprint density at radius 3 is 2.74 bits per heavy atom. The van der Waals surface area contributed by atoms with Crippen LogP contribution in [0.5, 0.6) is 0 Å². The van der Waals surface area contributed by atoms with Crippen molar-refractivity contribution in [3.63, 3.8) is 0 Å². The zero-order chi connectivity index (χ0) is 24.2. The second kappa shape index (κ2) is 7.92. The lowest BCUT2D eigenvalue weighted by Gasteiger charge is -2.32. The van der Waals surface area contributed by atoms with Crippen LogP contribution in [-0.4, -0.2) is 26.0 Å². The van der Waals surface area contributed by atoms with Crippen LogP contribution in [0, 0.1) is 0 Å². The quantitative estimate of drug-likeness (QED) is 0.417. The summed E-state index contributed by atoms with van der Waals surface area (Å²) >= 11 is 0. The standard InChI is InChI=1S/C26H22N4O5/c1-26(2)11-16-17(13-34-26)21(18-9-6-10-33-18)29-24-20(16)22-23(35-24)25(32)30(14-27-22)12-19(31)28-15-7-4-3-5-8-15/h3-10,14H,11-13H2,1-2H3,(H,28,31). The molecule has 0 saturated carbocycles. The van der Waals surface area contributed by atoms with Gasteiger partial charge in [-0.15, -0.1) is 0 Å². The lowest BCUT2D eigenvalue weighted by Crippen LogP contribution is -2.32. The maximum atomic E-state index is 13.3. The van der Waals surface area contributed by atoms with Crippen LogP contribution in [0.4, 0.5) is 5.69 Å². The van der Waals surface area contributed by atoms with Gasteiger partial charge in [-0.3, -0.25) is 14.2 Å². The molecule has 5 aromatic rings. The zero-order valence-corrected chi connectivity index (χ0v) is 19.2. The maximum absolute atomic E-state index is 13.3. The van der Waals surface area contributed by atoms with Gasteiger partial charge >= 0.3 is 0 Å². The average Bonchev–Trinajstić information content (AvgIpc) is 3.49. The molecular weight excluding hydrogens is 448 g/mol. The van der Waals surface area contributed by atoms with Gasteiger partial charge in [0.25, 0.3) is 5.56 Å². The fourth-order valence-corrected chi connectivity index (χ4v) is 4.50. The first-order chi connectivity index (χ1) is 16.9. The highest BCUT2D eigenvalue weighted by Crippen LogP contribution is 2.40. The summed E-state index contributed by atoms with van der Waals surface area (Å²) < 4.78 is 18.9. The first kappa shape index (κ1) is 21.3. The molecule has 0 atom stereocenters. The molecule has 1 aliphatic rings. The molecule has 0 aliphatic carbocycles. The highest BCUT2D eigenvalue weighted by Gasteiger charge is 2.33. The summed E-state index contributed by atoms with van der Waals surface area (Å²) in [6.07, 6.45) is 3.55. The number of hydrogen-bond donors (Lipinski definition) is 1. The molecule has 1 N–H and O–H groups in total. The Morgan fingerprint density at radius 1 is 1.14 bits per heavy atom. The van der Waals surface area contributed by atoms with Crippen LogP contribution >= 0.6 is 0 Å². The van der Waals surface area contributed by atoms with Crippen LogP contribution < -0.4 is 10.9 Å². The van der Waals surface area contributed by atoms with E-state index in [0.717, 1.165) is 11.1 Å². The molecule has 0 radical (unpaired) electrons. The minimum Gasteiger partial charge on any atom is -0.463 e. The van der Waals surface area contributed by atoms with E-state index in [-0.39, 0.29) is 18.0 Å². The maximum Gasteiger partial charge on any atom is 0.297 e. The number of amides is 1. The third-order valence-corrected chi connectivity index (χ3v) is 6.15. The van der Waals surface area contributed by atoms with Crippen LogP contribution in [0.15, 0.2) is 68.7 Å². The Hall–Kier alpha value is -4.24. The number of pyridine rings is 1. The molecule has 0 saturated heterocycles. The first-order valence-corrected chi connectivity index (χ1v) is 11.3. The van der Waals surface area contributed by atoms with Gasteiger partial charge in [0.2, 0.25) is 17.2 Å². The van der Waals surface area contributed by atoms with E-state index in [1.165, 1.54) is 10.9 Å². The van der Waals surface area contributed by atoms with E-state index in [1.807, 2.05) is 38.1 Å². The van der Waals surface area contributed by atoms with Crippen molar-refractivity contribution in [2.75, 3.05) is 5.32 Å². The van der Waals surface area contributed by atoms with E-state index >= 15 is 0 Å². The van der Waals surface area contributed by atoms with Crippen molar-refractivity contribution < 1.29 is 18.4 Å². The normalized spacial score (nSPS) is 14.8. The largest absolute Gasteiger partial charge is 0.463 e. The summed E-state index contributed by atoms with van der Waals surface area (Å²) in [5, 5.41) is 3.47. The lowest BCUT2D eigenvalue weighted by molar-refractivity contribution is -0.116. The van der Waals surface area contributed by atoms with Gasteiger partial charge < -0.3 is 18.9 Å². The highest BCUT2D eigenvalue weighted by atomic mass is 16.5. The zero-order valence-electron chi connectivity index (χ0n) is 19.2. The second-order valence-electron chi connectivity index (χ2n) is 9.17. The van der Waals surface area contributed by atoms with E-state index in [2.05, 4.69) is 10.3 Å². The number of nitrogens with one attached hydrogen (secondary N) is 1. The molecule has 1 aromatic carbocycles. The molecule has 0 spiro atoms. The number of carbonyl (C=O) groups is 1. The second-order valence-corrected chi connectivity index (χ2v) is 9.17. The summed E-state index contributed by atoms with van der Waals surface area (Å²) in [7, 11) is 0. The van der Waals surface area contributed by atoms with Crippen LogP contribution in [0.25, 0.3) is 33.7 Å². The van der Waals surface area contributed by atoms with E-state index in [4.69, 9.17) is 18.6 Å². The minimum atomic E-state index is -0.448. The third-order valence-electron chi connectivity index (χ3n) is 6.15. The number of benzene rings is 1. The molecule has 9 nitrogen and oxygen atoms in total. The van der Waals surface area contributed by atoms with Crippen molar-refractivity contribution in [3.8, 4) is 11.5 Å². The van der Waals surface area contributed by atoms with E-state index in [1.54, 1.807) is 24.5 Å². The van der Waals surface area contributed by atoms with Gasteiger partial charge in [-0.05, 0) is 43.7 Å². The number of aromatic nitrogens is 3. The van der Waals surface area contributed by atoms with Crippen LogP contribution in [-0.2, 0) is 29.1 Å². The van der Waals surface area contributed by atoms with Crippen molar-refractivity contribution in [2.45, 2.75) is 39.0 Å². The number of furan rings is 2. The SMILES string of the molecule is CC1(C)Cc2c(c(-c3ccco3)nc3oc4c(=O)n(CC(=O)Nc5ccccc5)cnc4c23)CO1. The Balaban J connectivity index is 1.47. The van der Waals surface area contributed by atoms with Crippen molar-refractivity contribution in [1.82, 2.24) is 14.5 Å². The number of anilines is 1. The van der Waals surface area contributed by atoms with Crippen molar-refractivity contribution in [2.24, 2.45) is 0 Å². The van der Waals surface area contributed by atoms with Crippen LogP contribution in [0.2, 0.25) is 0 Å². The Morgan fingerprint density at radius 2 is 1.97 bits per heavy atom. The number of nitrogens with zero attached hydrogens (tertiary/aromatic N) is 3. The molecule has 35 heavy (non-hydrogen) atoms. The number of rotatable bonds is 4. The van der Waals surface area contributed by atoms with Gasteiger partial charge in [-0.1, -0.05) is 18.2 Å². The Kier molecular flexibility index (Phi) is 4.82. The van der Waals surface area contributed by atoms with Crippen LogP contribution in [0.1, 0.15) is 25.0 Å². The molecular formula is C26H22N4O5. The predicted octanol–water partition coefficient (Wildman–Crippen LogP) is 4.29. The number of fused-ring (bicyclic) bond motifs is 5. The van der Waals surface area contributed by atoms with E-state index in [0.29, 0.717) is 46.8 Å². The van der Waals surface area contributed by atoms with Gasteiger partial charge in [-0.25, -0.2) is 9.97 Å².